The van der Waals surface area contributed by atoms with E-state index in [0.717, 1.165) is 12.1 Å². The molecule has 39 heavy (non-hydrogen) atoms. The zero-order valence-corrected chi connectivity index (χ0v) is 20.5. The molecule has 0 amide bonds. The Hall–Kier alpha value is -4.81. The highest BCUT2D eigenvalue weighted by Gasteiger charge is 2.30. The van der Waals surface area contributed by atoms with Crippen LogP contribution in [0.4, 0.5) is 27.6 Å². The molecule has 0 aliphatic heterocycles. The van der Waals surface area contributed by atoms with Crippen molar-refractivity contribution in [2.45, 2.75) is 26.6 Å². The summed E-state index contributed by atoms with van der Waals surface area (Å²) in [5, 5.41) is 8.39. The maximum Gasteiger partial charge on any atom is 0.416 e. The molecular weight excluding hydrogens is 523 g/mol. The van der Waals surface area contributed by atoms with Gasteiger partial charge in [0.15, 0.2) is 5.69 Å². The Labute approximate surface area is 218 Å². The summed E-state index contributed by atoms with van der Waals surface area (Å²) in [6, 6.07) is 11.7. The van der Waals surface area contributed by atoms with Gasteiger partial charge in [0.25, 0.3) is 0 Å². The van der Waals surface area contributed by atoms with Gasteiger partial charge < -0.3 is 10.5 Å². The number of aliphatic imine (C=N–C) groups is 1. The van der Waals surface area contributed by atoms with E-state index in [1.807, 2.05) is 0 Å². The van der Waals surface area contributed by atoms with E-state index < -0.39 is 23.8 Å². The lowest BCUT2D eigenvalue weighted by Gasteiger charge is -2.13. The predicted molar refractivity (Wildman–Crippen MR) is 134 cm³/mol. The Bertz CT molecular complexity index is 1620. The molecule has 0 unspecified atom stereocenters. The molecule has 0 fully saturated rings. The lowest BCUT2D eigenvalue weighted by Crippen LogP contribution is -2.21. The summed E-state index contributed by atoms with van der Waals surface area (Å²) in [7, 11) is 0. The highest BCUT2D eigenvalue weighted by atomic mass is 19.4. The van der Waals surface area contributed by atoms with Crippen molar-refractivity contribution in [1.82, 2.24) is 19.6 Å². The largest absolute Gasteiger partial charge is 0.417 e. The molecule has 4 rings (SSSR count). The van der Waals surface area contributed by atoms with Gasteiger partial charge in [0.2, 0.25) is 11.3 Å². The smallest absolute Gasteiger partial charge is 0.416 e. The number of nitrogens with two attached hydrogens (primary N) is 1. The fourth-order valence-corrected chi connectivity index (χ4v) is 3.67. The number of aromatic nitrogens is 4. The minimum absolute atomic E-state index is 0.0340. The van der Waals surface area contributed by atoms with Crippen LogP contribution in [0.1, 0.15) is 23.7 Å². The number of nitrogens with zero attached hydrogens (tertiary/aromatic N) is 5. The first kappa shape index (κ1) is 27.2. The second kappa shape index (κ2) is 10.9. The van der Waals surface area contributed by atoms with Crippen LogP contribution >= 0.6 is 0 Å². The van der Waals surface area contributed by atoms with Gasteiger partial charge in [-0.3, -0.25) is 4.79 Å². The van der Waals surface area contributed by atoms with Crippen LogP contribution < -0.4 is 15.9 Å². The number of aryl methyl sites for hydroxylation is 1. The number of hydrogen-bond acceptors (Lipinski definition) is 6. The lowest BCUT2D eigenvalue weighted by molar-refractivity contribution is -0.137. The molecule has 0 radical (unpaired) electrons. The Kier molecular flexibility index (Phi) is 7.61. The topological polar surface area (TPSA) is 100 Å². The van der Waals surface area contributed by atoms with Gasteiger partial charge in [-0.25, -0.2) is 14.4 Å². The molecule has 4 aromatic rings. The van der Waals surface area contributed by atoms with Crippen LogP contribution in [0.3, 0.4) is 0 Å². The molecule has 0 aliphatic rings. The molecule has 2 aromatic heterocycles. The van der Waals surface area contributed by atoms with E-state index >= 15 is 0 Å². The fraction of sp³-hybridized carbons (Fsp3) is 0.154. The average Bonchev–Trinajstić information content (AvgIpc) is 3.31. The summed E-state index contributed by atoms with van der Waals surface area (Å²) >= 11 is 0. The fourth-order valence-electron chi connectivity index (χ4n) is 3.67. The summed E-state index contributed by atoms with van der Waals surface area (Å²) in [4.78, 5) is 17.0. The van der Waals surface area contributed by atoms with Gasteiger partial charge in [-0.05, 0) is 61.9 Å². The third-order valence-electron chi connectivity index (χ3n) is 5.33. The number of ether oxygens (including phenoxy) is 1. The van der Waals surface area contributed by atoms with Crippen LogP contribution in [0, 0.1) is 6.92 Å². The molecule has 2 aromatic carbocycles. The van der Waals surface area contributed by atoms with Gasteiger partial charge in [-0.2, -0.15) is 32.1 Å². The second-order valence-corrected chi connectivity index (χ2v) is 8.34. The maximum atomic E-state index is 13.2. The van der Waals surface area contributed by atoms with E-state index in [4.69, 9.17) is 5.73 Å². The monoisotopic (exact) mass is 544 g/mol. The number of allylic oxidation sites excluding steroid dienone is 2. The zero-order valence-electron chi connectivity index (χ0n) is 20.5. The molecule has 2 N–H and O–H groups in total. The number of benzene rings is 2. The number of rotatable bonds is 7. The van der Waals surface area contributed by atoms with E-state index in [1.165, 1.54) is 59.0 Å². The van der Waals surface area contributed by atoms with Crippen molar-refractivity contribution >= 4 is 11.4 Å². The van der Waals surface area contributed by atoms with Gasteiger partial charge in [0.05, 0.1) is 34.5 Å². The Morgan fingerprint density at radius 1 is 1.13 bits per heavy atom. The normalized spacial score (nSPS) is 12.7. The second-order valence-electron chi connectivity index (χ2n) is 8.34. The molecular formula is C26H21F5N6O2. The number of halogens is 5. The number of hydrogen-bond donors (Lipinski definition) is 1. The zero-order chi connectivity index (χ0) is 28.3. The average molecular weight is 544 g/mol. The summed E-state index contributed by atoms with van der Waals surface area (Å²) in [6.07, 6.45) is -0.509. The van der Waals surface area contributed by atoms with E-state index in [1.54, 1.807) is 25.1 Å². The lowest BCUT2D eigenvalue weighted by atomic mass is 10.1. The Balaban J connectivity index is 1.77. The van der Waals surface area contributed by atoms with Crippen molar-refractivity contribution in [2.75, 3.05) is 0 Å². The minimum Gasteiger partial charge on any atom is -0.417 e. The van der Waals surface area contributed by atoms with E-state index in [9.17, 15) is 26.7 Å². The molecule has 0 saturated heterocycles. The third kappa shape index (κ3) is 6.37. The molecule has 202 valence electrons. The van der Waals surface area contributed by atoms with Gasteiger partial charge in [-0.1, -0.05) is 6.07 Å². The van der Waals surface area contributed by atoms with Crippen molar-refractivity contribution in [3.05, 3.63) is 106 Å². The molecule has 13 heteroatoms. The summed E-state index contributed by atoms with van der Waals surface area (Å²) in [6.45, 7) is 0.243. The van der Waals surface area contributed by atoms with Gasteiger partial charge in [0, 0.05) is 24.0 Å². The van der Waals surface area contributed by atoms with Crippen molar-refractivity contribution in [3.8, 4) is 17.3 Å². The Morgan fingerprint density at radius 2 is 1.90 bits per heavy atom. The van der Waals surface area contributed by atoms with Crippen molar-refractivity contribution < 1.29 is 26.7 Å². The molecule has 0 atom stereocenters. The summed E-state index contributed by atoms with van der Waals surface area (Å²) in [5.41, 5.74) is 5.99. The van der Waals surface area contributed by atoms with Crippen molar-refractivity contribution in [1.29, 1.82) is 0 Å². The summed E-state index contributed by atoms with van der Waals surface area (Å²) in [5.74, 6) is -0.152. The van der Waals surface area contributed by atoms with Crippen LogP contribution in [-0.2, 0) is 6.18 Å². The van der Waals surface area contributed by atoms with Crippen LogP contribution in [0.2, 0.25) is 0 Å². The van der Waals surface area contributed by atoms with Gasteiger partial charge >= 0.3 is 12.8 Å². The molecule has 0 saturated carbocycles. The van der Waals surface area contributed by atoms with Gasteiger partial charge in [0.1, 0.15) is 0 Å². The molecule has 0 spiro atoms. The van der Waals surface area contributed by atoms with E-state index in [2.05, 4.69) is 19.9 Å². The highest BCUT2D eigenvalue weighted by molar-refractivity contribution is 6.08. The van der Waals surface area contributed by atoms with Crippen molar-refractivity contribution in [2.24, 2.45) is 10.7 Å². The molecule has 2 heterocycles. The van der Waals surface area contributed by atoms with Crippen LogP contribution in [-0.4, -0.2) is 31.9 Å². The molecule has 8 nitrogen and oxygen atoms in total. The molecule has 0 bridgehead atoms. The van der Waals surface area contributed by atoms with Crippen LogP contribution in [0.15, 0.2) is 88.6 Å². The first-order valence-corrected chi connectivity index (χ1v) is 11.3. The van der Waals surface area contributed by atoms with Gasteiger partial charge in [-0.15, -0.1) is 0 Å². The maximum absolute atomic E-state index is 13.2. The SMILES string of the molecule is CC(N)=CC(=Nc1cccc(C(F)(F)F)c1)c1nn(-c2ccc(-n3nccc3OC(F)F)cc2C)ccc1=O. The minimum atomic E-state index is -4.57. The van der Waals surface area contributed by atoms with Crippen LogP contribution in [0.5, 0.6) is 5.88 Å². The first-order chi connectivity index (χ1) is 18.4. The number of alkyl halides is 5. The quantitative estimate of drug-likeness (QED) is 0.250. The van der Waals surface area contributed by atoms with Crippen LogP contribution in [0.25, 0.3) is 11.4 Å². The van der Waals surface area contributed by atoms with E-state index in [-0.39, 0.29) is 28.7 Å². The van der Waals surface area contributed by atoms with Crippen molar-refractivity contribution in [3.63, 3.8) is 0 Å². The first-order valence-electron chi connectivity index (χ1n) is 11.3. The highest BCUT2D eigenvalue weighted by Crippen LogP contribution is 2.31. The predicted octanol–water partition coefficient (Wildman–Crippen LogP) is 5.33. The standard InChI is InChI=1S/C26H21F5N6O2/c1-15-12-19(37-23(8-10-33-37)39-25(27)28)6-7-21(15)36-11-9-22(38)24(35-36)20(13-16(2)32)34-18-5-3-4-17(14-18)26(29,30)31/h3-14,25H,32H2,1-2H3. The Morgan fingerprint density at radius 3 is 2.56 bits per heavy atom. The molecule has 0 aliphatic carbocycles. The van der Waals surface area contributed by atoms with E-state index in [0.29, 0.717) is 16.9 Å². The summed E-state index contributed by atoms with van der Waals surface area (Å²) < 4.78 is 72.0. The third-order valence-corrected chi connectivity index (χ3v) is 5.33.